The van der Waals surface area contributed by atoms with E-state index in [-0.39, 0.29) is 0 Å². The quantitative estimate of drug-likeness (QED) is 0.223. The van der Waals surface area contributed by atoms with Crippen molar-refractivity contribution in [2.24, 2.45) is 0 Å². The van der Waals surface area contributed by atoms with Gasteiger partial charge in [0, 0.05) is 59.3 Å². The second-order valence-electron chi connectivity index (χ2n) is 10.4. The Kier molecular flexibility index (Phi) is 3.79. The van der Waals surface area contributed by atoms with Crippen molar-refractivity contribution < 1.29 is 4.42 Å². The van der Waals surface area contributed by atoms with Crippen LogP contribution in [0.3, 0.4) is 0 Å². The van der Waals surface area contributed by atoms with Gasteiger partial charge in [0.25, 0.3) is 0 Å². The Morgan fingerprint density at radius 3 is 1.93 bits per heavy atom. The van der Waals surface area contributed by atoms with Crippen molar-refractivity contribution in [1.29, 1.82) is 0 Å². The molecule has 0 atom stereocenters. The average molecular weight is 530 g/mol. The molecule has 40 heavy (non-hydrogen) atoms. The summed E-state index contributed by atoms with van der Waals surface area (Å²) in [6, 6.07) is 39.3. The van der Waals surface area contributed by atoms with E-state index in [0.29, 0.717) is 5.71 Å². The third kappa shape index (κ3) is 2.49. The van der Waals surface area contributed by atoms with Crippen LogP contribution >= 0.6 is 11.3 Å². The van der Waals surface area contributed by atoms with E-state index in [1.54, 1.807) is 6.20 Å². The summed E-state index contributed by atoms with van der Waals surface area (Å²) in [6.45, 7) is 0. The number of fused-ring (bicyclic) bond motifs is 3. The molecule has 0 radical (unpaired) electrons. The van der Waals surface area contributed by atoms with Crippen LogP contribution in [0.2, 0.25) is 0 Å². The van der Waals surface area contributed by atoms with Gasteiger partial charge in [-0.25, -0.2) is 4.98 Å². The second kappa shape index (κ2) is 7.29. The Labute approximate surface area is 231 Å². The van der Waals surface area contributed by atoms with E-state index in [9.17, 15) is 0 Å². The number of rotatable bonds is 2. The molecule has 10 rings (SSSR count). The molecule has 10 aromatic rings. The molecule has 5 heteroatoms. The molecule has 186 valence electrons. The number of benzene rings is 5. The molecular formula is C35H19N3OS. The van der Waals surface area contributed by atoms with Crippen LogP contribution in [0.4, 0.5) is 0 Å². The lowest BCUT2D eigenvalue weighted by molar-refractivity contribution is 0.654. The molecule has 0 saturated heterocycles. The zero-order chi connectivity index (χ0) is 25.9. The lowest BCUT2D eigenvalue weighted by Gasteiger charge is -2.09. The molecule has 5 heterocycles. The first-order chi connectivity index (χ1) is 19.8. The third-order valence-corrected chi connectivity index (χ3v) is 9.48. The maximum atomic E-state index is 6.05. The Bertz CT molecular complexity index is 2600. The van der Waals surface area contributed by atoms with Gasteiger partial charge in [-0.2, -0.15) is 0 Å². The van der Waals surface area contributed by atoms with Crippen molar-refractivity contribution >= 4 is 86.4 Å². The molecule has 5 aromatic heterocycles. The van der Waals surface area contributed by atoms with Crippen LogP contribution in [-0.2, 0) is 0 Å². The predicted molar refractivity (Wildman–Crippen MR) is 167 cm³/mol. The summed E-state index contributed by atoms with van der Waals surface area (Å²) in [6.07, 6.45) is 1.78. The first-order valence-corrected chi connectivity index (χ1v) is 14.2. The fraction of sp³-hybridized carbons (Fsp3) is 0. The highest BCUT2D eigenvalue weighted by atomic mass is 32.1. The monoisotopic (exact) mass is 529 g/mol. The van der Waals surface area contributed by atoms with E-state index >= 15 is 0 Å². The minimum atomic E-state index is 0.674. The highest BCUT2D eigenvalue weighted by Gasteiger charge is 2.24. The fourth-order valence-electron chi connectivity index (χ4n) is 6.79. The van der Waals surface area contributed by atoms with Crippen LogP contribution in [0.25, 0.3) is 86.5 Å². The Hall–Kier alpha value is -5.13. The summed E-state index contributed by atoms with van der Waals surface area (Å²) >= 11 is 1.88. The molecule has 0 aliphatic heterocycles. The molecule has 0 N–H and O–H groups in total. The third-order valence-electron chi connectivity index (χ3n) is 8.36. The Morgan fingerprint density at radius 1 is 0.525 bits per heavy atom. The Morgan fingerprint density at radius 2 is 1.20 bits per heavy atom. The zero-order valence-corrected chi connectivity index (χ0v) is 21.9. The van der Waals surface area contributed by atoms with Crippen LogP contribution < -0.4 is 0 Å². The largest absolute Gasteiger partial charge is 0.438 e. The van der Waals surface area contributed by atoms with E-state index in [2.05, 4.69) is 117 Å². The van der Waals surface area contributed by atoms with E-state index in [0.717, 1.165) is 22.0 Å². The van der Waals surface area contributed by atoms with E-state index in [1.165, 1.54) is 58.7 Å². The molecule has 0 spiro atoms. The van der Waals surface area contributed by atoms with Crippen LogP contribution in [-0.4, -0.2) is 14.1 Å². The maximum absolute atomic E-state index is 6.05. The van der Waals surface area contributed by atoms with Crippen molar-refractivity contribution in [2.45, 2.75) is 0 Å². The van der Waals surface area contributed by atoms with E-state index in [1.807, 2.05) is 17.4 Å². The van der Waals surface area contributed by atoms with Gasteiger partial charge in [-0.1, -0.05) is 30.3 Å². The number of nitrogens with zero attached hydrogens (tertiary/aromatic N) is 3. The summed E-state index contributed by atoms with van der Waals surface area (Å²) in [5.74, 6) is 0. The second-order valence-corrected chi connectivity index (χ2v) is 11.5. The van der Waals surface area contributed by atoms with Gasteiger partial charge in [-0.05, 0) is 78.9 Å². The van der Waals surface area contributed by atoms with Crippen molar-refractivity contribution in [3.63, 3.8) is 0 Å². The van der Waals surface area contributed by atoms with Gasteiger partial charge in [0.05, 0.1) is 22.1 Å². The standard InChI is InChI=1S/C35H19N3OS/c1-2-7-20(8-3-1)37-24-10-4-12-29-31(24)33-26(37)15-16-27-34(33)32-25(11-5-13-30(32)40-29)38(27)21-14-17-28-23(19-21)22-9-6-18-36-35(22)39-28/h1-19H. The molecular weight excluding hydrogens is 510 g/mol. The molecule has 0 bridgehead atoms. The van der Waals surface area contributed by atoms with Crippen molar-refractivity contribution in [3.8, 4) is 11.4 Å². The molecule has 0 amide bonds. The topological polar surface area (TPSA) is 35.9 Å². The van der Waals surface area contributed by atoms with Gasteiger partial charge in [0.1, 0.15) is 5.58 Å². The van der Waals surface area contributed by atoms with Crippen LogP contribution in [0, 0.1) is 0 Å². The van der Waals surface area contributed by atoms with Crippen molar-refractivity contribution in [2.75, 3.05) is 0 Å². The molecule has 0 fully saturated rings. The average Bonchev–Trinajstić information content (AvgIpc) is 3.61. The van der Waals surface area contributed by atoms with Crippen LogP contribution in [0.5, 0.6) is 0 Å². The molecule has 4 nitrogen and oxygen atoms in total. The number of furan rings is 1. The minimum absolute atomic E-state index is 0.674. The summed E-state index contributed by atoms with van der Waals surface area (Å²) in [7, 11) is 0. The summed E-state index contributed by atoms with van der Waals surface area (Å²) in [4.78, 5) is 4.44. The lowest BCUT2D eigenvalue weighted by atomic mass is 10.1. The first-order valence-electron chi connectivity index (χ1n) is 13.4. The lowest BCUT2D eigenvalue weighted by Crippen LogP contribution is -1.94. The van der Waals surface area contributed by atoms with Gasteiger partial charge in [-0.3, -0.25) is 0 Å². The van der Waals surface area contributed by atoms with Gasteiger partial charge < -0.3 is 13.6 Å². The highest BCUT2D eigenvalue weighted by Crippen LogP contribution is 2.48. The van der Waals surface area contributed by atoms with Gasteiger partial charge in [0.15, 0.2) is 0 Å². The van der Waals surface area contributed by atoms with Gasteiger partial charge in [0.2, 0.25) is 5.71 Å². The summed E-state index contributed by atoms with van der Waals surface area (Å²) in [5.41, 5.74) is 8.73. The first kappa shape index (κ1) is 20.8. The van der Waals surface area contributed by atoms with Crippen LogP contribution in [0.1, 0.15) is 0 Å². The minimum Gasteiger partial charge on any atom is -0.438 e. The van der Waals surface area contributed by atoms with Gasteiger partial charge >= 0.3 is 0 Å². The smallest absolute Gasteiger partial charge is 0.227 e. The number of para-hydroxylation sites is 1. The summed E-state index contributed by atoms with van der Waals surface area (Å²) in [5, 5.41) is 7.41. The SMILES string of the molecule is c1ccc(-n2c3cccc4sc5cccc6c5c5c(c43)c2ccc5n6-c2ccc3oc4ncccc4c3c2)cc1. The number of pyridine rings is 1. The number of aromatic nitrogens is 3. The highest BCUT2D eigenvalue weighted by molar-refractivity contribution is 7.24. The molecule has 0 aliphatic carbocycles. The maximum Gasteiger partial charge on any atom is 0.227 e. The van der Waals surface area contributed by atoms with E-state index < -0.39 is 0 Å². The molecule has 5 aromatic carbocycles. The zero-order valence-electron chi connectivity index (χ0n) is 21.1. The number of hydrogen-bond donors (Lipinski definition) is 0. The Balaban J connectivity index is 1.42. The fourth-order valence-corrected chi connectivity index (χ4v) is 7.94. The molecule has 0 saturated carbocycles. The van der Waals surface area contributed by atoms with Crippen LogP contribution in [0.15, 0.2) is 120 Å². The normalized spacial score (nSPS) is 12.5. The van der Waals surface area contributed by atoms with E-state index in [4.69, 9.17) is 4.42 Å². The van der Waals surface area contributed by atoms with Crippen molar-refractivity contribution in [3.05, 3.63) is 115 Å². The number of hydrogen-bond acceptors (Lipinski definition) is 3. The van der Waals surface area contributed by atoms with Gasteiger partial charge in [-0.15, -0.1) is 11.3 Å². The molecule has 0 aliphatic rings. The van der Waals surface area contributed by atoms with Crippen molar-refractivity contribution in [1.82, 2.24) is 14.1 Å². The predicted octanol–water partition coefficient (Wildman–Crippen LogP) is 9.83. The molecule has 0 unspecified atom stereocenters. The summed E-state index contributed by atoms with van der Waals surface area (Å²) < 4.78 is 13.5.